The van der Waals surface area contributed by atoms with Crippen LogP contribution in [-0.2, 0) is 13.1 Å². The highest BCUT2D eigenvalue weighted by Crippen LogP contribution is 2.31. The summed E-state index contributed by atoms with van der Waals surface area (Å²) >= 11 is 0. The molecule has 0 bridgehead atoms. The van der Waals surface area contributed by atoms with Crippen LogP contribution in [0.1, 0.15) is 48.2 Å². The summed E-state index contributed by atoms with van der Waals surface area (Å²) in [6, 6.07) is 11.2. The molecule has 1 saturated carbocycles. The zero-order valence-electron chi connectivity index (χ0n) is 14.5. The van der Waals surface area contributed by atoms with E-state index in [1.165, 1.54) is 38.6 Å². The van der Waals surface area contributed by atoms with Crippen molar-refractivity contribution in [2.75, 3.05) is 6.54 Å². The van der Waals surface area contributed by atoms with Crippen LogP contribution in [0.25, 0.3) is 0 Å². The van der Waals surface area contributed by atoms with Gasteiger partial charge in [0, 0.05) is 18.6 Å². The van der Waals surface area contributed by atoms with Crippen LogP contribution in [0, 0.1) is 0 Å². The van der Waals surface area contributed by atoms with Crippen LogP contribution in [-0.4, -0.2) is 44.4 Å². The Morgan fingerprint density at radius 1 is 1.16 bits per heavy atom. The van der Waals surface area contributed by atoms with E-state index in [1.807, 2.05) is 35.0 Å². The molecule has 1 N–H and O–H groups in total. The molecule has 1 saturated heterocycles. The molecule has 2 aromatic rings. The van der Waals surface area contributed by atoms with E-state index in [0.29, 0.717) is 18.3 Å². The molecular formula is C19H25N5O. The molecule has 2 heterocycles. The molecule has 1 aliphatic heterocycles. The maximum absolute atomic E-state index is 12.3. The number of hydrogen-bond donors (Lipinski definition) is 1. The number of carbonyl (C=O) groups is 1. The molecule has 1 aliphatic carbocycles. The minimum atomic E-state index is -0.169. The highest BCUT2D eigenvalue weighted by Gasteiger charge is 2.34. The molecule has 6 nitrogen and oxygen atoms in total. The van der Waals surface area contributed by atoms with E-state index in [-0.39, 0.29) is 5.91 Å². The van der Waals surface area contributed by atoms with Crippen molar-refractivity contribution in [1.29, 1.82) is 0 Å². The molecule has 6 heteroatoms. The van der Waals surface area contributed by atoms with Gasteiger partial charge in [-0.1, -0.05) is 42.0 Å². The standard InChI is InChI=1S/C19H25N5O/c25-19(20-12-15-6-2-1-3-7-15)18-14-23(22-21-18)13-17-10-5-11-24(17)16-8-4-9-16/h1-3,6-7,14,16-17H,4-5,8-13H2,(H,20,25). The summed E-state index contributed by atoms with van der Waals surface area (Å²) < 4.78 is 1.83. The summed E-state index contributed by atoms with van der Waals surface area (Å²) in [5, 5.41) is 11.1. The van der Waals surface area contributed by atoms with Gasteiger partial charge in [0.15, 0.2) is 5.69 Å². The smallest absolute Gasteiger partial charge is 0.273 e. The van der Waals surface area contributed by atoms with Gasteiger partial charge in [0.25, 0.3) is 5.91 Å². The van der Waals surface area contributed by atoms with E-state index in [4.69, 9.17) is 0 Å². The molecule has 25 heavy (non-hydrogen) atoms. The van der Waals surface area contributed by atoms with Gasteiger partial charge in [-0.3, -0.25) is 14.4 Å². The number of rotatable bonds is 6. The van der Waals surface area contributed by atoms with Crippen molar-refractivity contribution in [3.8, 4) is 0 Å². The fraction of sp³-hybridized carbons (Fsp3) is 0.526. The zero-order valence-corrected chi connectivity index (χ0v) is 14.5. The van der Waals surface area contributed by atoms with Crippen LogP contribution < -0.4 is 5.32 Å². The third-order valence-electron chi connectivity index (χ3n) is 5.43. The number of nitrogens with zero attached hydrogens (tertiary/aromatic N) is 4. The SMILES string of the molecule is O=C(NCc1ccccc1)c1cn(CC2CCCN2C2CCC2)nn1. The van der Waals surface area contributed by atoms with Crippen LogP contribution >= 0.6 is 0 Å². The molecule has 1 aromatic heterocycles. The normalized spacial score (nSPS) is 21.2. The van der Waals surface area contributed by atoms with E-state index in [9.17, 15) is 4.79 Å². The Bertz CT molecular complexity index is 710. The third-order valence-corrected chi connectivity index (χ3v) is 5.43. The second-order valence-electron chi connectivity index (χ2n) is 7.11. The van der Waals surface area contributed by atoms with Gasteiger partial charge in [0.05, 0.1) is 12.7 Å². The Labute approximate surface area is 148 Å². The van der Waals surface area contributed by atoms with E-state index in [0.717, 1.165) is 18.2 Å². The fourth-order valence-electron chi connectivity index (χ4n) is 3.83. The van der Waals surface area contributed by atoms with E-state index in [1.54, 1.807) is 6.20 Å². The molecule has 0 spiro atoms. The quantitative estimate of drug-likeness (QED) is 0.877. The van der Waals surface area contributed by atoms with Crippen molar-refractivity contribution in [1.82, 2.24) is 25.2 Å². The van der Waals surface area contributed by atoms with Crippen LogP contribution in [0.2, 0.25) is 0 Å². The number of benzene rings is 1. The van der Waals surface area contributed by atoms with Gasteiger partial charge in [0.2, 0.25) is 0 Å². The van der Waals surface area contributed by atoms with Gasteiger partial charge < -0.3 is 5.32 Å². The topological polar surface area (TPSA) is 63.1 Å². The highest BCUT2D eigenvalue weighted by molar-refractivity contribution is 5.91. The fourth-order valence-corrected chi connectivity index (χ4v) is 3.83. The predicted octanol–water partition coefficient (Wildman–Crippen LogP) is 2.22. The molecule has 0 radical (unpaired) electrons. The molecular weight excluding hydrogens is 314 g/mol. The third kappa shape index (κ3) is 3.74. The number of nitrogens with one attached hydrogen (secondary N) is 1. The van der Waals surface area contributed by atoms with Gasteiger partial charge in [-0.15, -0.1) is 5.10 Å². The van der Waals surface area contributed by atoms with E-state index in [2.05, 4.69) is 20.5 Å². The summed E-state index contributed by atoms with van der Waals surface area (Å²) in [7, 11) is 0. The van der Waals surface area contributed by atoms with Crippen LogP contribution in [0.5, 0.6) is 0 Å². The van der Waals surface area contributed by atoms with Crippen molar-refractivity contribution < 1.29 is 4.79 Å². The minimum Gasteiger partial charge on any atom is -0.347 e. The lowest BCUT2D eigenvalue weighted by atomic mass is 9.91. The van der Waals surface area contributed by atoms with E-state index >= 15 is 0 Å². The Kier molecular flexibility index (Phi) is 4.78. The van der Waals surface area contributed by atoms with Gasteiger partial charge in [-0.2, -0.15) is 0 Å². The van der Waals surface area contributed by atoms with Crippen LogP contribution in [0.4, 0.5) is 0 Å². The lowest BCUT2D eigenvalue weighted by Crippen LogP contribution is -2.44. The van der Waals surface area contributed by atoms with Gasteiger partial charge in [-0.05, 0) is 37.8 Å². The molecule has 2 fully saturated rings. The first-order valence-electron chi connectivity index (χ1n) is 9.27. The molecule has 2 aliphatic rings. The lowest BCUT2D eigenvalue weighted by Gasteiger charge is -2.38. The lowest BCUT2D eigenvalue weighted by molar-refractivity contribution is 0.0945. The average Bonchev–Trinajstić information content (AvgIpc) is 3.23. The number of carbonyl (C=O) groups excluding carboxylic acids is 1. The summed E-state index contributed by atoms with van der Waals surface area (Å²) in [5.74, 6) is -0.169. The Morgan fingerprint density at radius 3 is 2.76 bits per heavy atom. The number of aromatic nitrogens is 3. The summed E-state index contributed by atoms with van der Waals surface area (Å²) in [5.41, 5.74) is 1.47. The van der Waals surface area contributed by atoms with Crippen LogP contribution in [0.3, 0.4) is 0 Å². The summed E-state index contributed by atoms with van der Waals surface area (Å²) in [4.78, 5) is 14.9. The molecule has 1 aromatic carbocycles. The molecule has 132 valence electrons. The highest BCUT2D eigenvalue weighted by atomic mass is 16.2. The van der Waals surface area contributed by atoms with E-state index < -0.39 is 0 Å². The first-order chi connectivity index (χ1) is 12.3. The molecule has 1 amide bonds. The van der Waals surface area contributed by atoms with Gasteiger partial charge in [-0.25, -0.2) is 0 Å². The zero-order chi connectivity index (χ0) is 17.1. The van der Waals surface area contributed by atoms with Gasteiger partial charge in [0.1, 0.15) is 0 Å². The predicted molar refractivity (Wildman–Crippen MR) is 95.0 cm³/mol. The maximum atomic E-state index is 12.3. The van der Waals surface area contributed by atoms with Crippen molar-refractivity contribution in [3.63, 3.8) is 0 Å². The van der Waals surface area contributed by atoms with Crippen molar-refractivity contribution in [2.45, 2.75) is 57.3 Å². The first kappa shape index (κ1) is 16.3. The maximum Gasteiger partial charge on any atom is 0.273 e. The number of hydrogen-bond acceptors (Lipinski definition) is 4. The van der Waals surface area contributed by atoms with Crippen molar-refractivity contribution in [2.24, 2.45) is 0 Å². The first-order valence-corrected chi connectivity index (χ1v) is 9.27. The molecule has 1 unspecified atom stereocenters. The largest absolute Gasteiger partial charge is 0.347 e. The Balaban J connectivity index is 1.32. The molecule has 4 rings (SSSR count). The molecule has 1 atom stereocenters. The van der Waals surface area contributed by atoms with Crippen molar-refractivity contribution >= 4 is 5.91 Å². The number of amides is 1. The summed E-state index contributed by atoms with van der Waals surface area (Å²) in [6.07, 6.45) is 8.29. The Hall–Kier alpha value is -2.21. The van der Waals surface area contributed by atoms with Crippen LogP contribution in [0.15, 0.2) is 36.5 Å². The van der Waals surface area contributed by atoms with Gasteiger partial charge >= 0.3 is 0 Å². The monoisotopic (exact) mass is 339 g/mol. The minimum absolute atomic E-state index is 0.169. The number of likely N-dealkylation sites (tertiary alicyclic amines) is 1. The second-order valence-corrected chi connectivity index (χ2v) is 7.11. The Morgan fingerprint density at radius 2 is 2.00 bits per heavy atom. The second kappa shape index (κ2) is 7.35. The average molecular weight is 339 g/mol. The summed E-state index contributed by atoms with van der Waals surface area (Å²) in [6.45, 7) is 2.54. The van der Waals surface area contributed by atoms with Crippen molar-refractivity contribution in [3.05, 3.63) is 47.8 Å².